The summed E-state index contributed by atoms with van der Waals surface area (Å²) < 4.78 is 0. The van der Waals surface area contributed by atoms with Gasteiger partial charge in [-0.25, -0.2) is 4.79 Å². The van der Waals surface area contributed by atoms with Gasteiger partial charge in [0.2, 0.25) is 0 Å². The lowest BCUT2D eigenvalue weighted by atomic mass is 10.1. The van der Waals surface area contributed by atoms with Crippen molar-refractivity contribution in [2.24, 2.45) is 0 Å². The standard InChI is InChI=1S/C10H20N2O3S/c1-3-8(7-9(13)14)12-10(15)11-5-4-6-16-2/h8H,3-7H2,1-2H3,(H,13,14)(H2,11,12,15). The Morgan fingerprint density at radius 3 is 2.62 bits per heavy atom. The Labute approximate surface area is 100 Å². The third-order valence-electron chi connectivity index (χ3n) is 2.06. The molecule has 0 fully saturated rings. The Morgan fingerprint density at radius 2 is 2.12 bits per heavy atom. The zero-order chi connectivity index (χ0) is 12.4. The Hall–Kier alpha value is -0.910. The molecule has 0 aromatic heterocycles. The monoisotopic (exact) mass is 248 g/mol. The van der Waals surface area contributed by atoms with Crippen LogP contribution in [0.5, 0.6) is 0 Å². The van der Waals surface area contributed by atoms with Crippen molar-refractivity contribution in [1.82, 2.24) is 10.6 Å². The van der Waals surface area contributed by atoms with E-state index in [1.165, 1.54) is 0 Å². The lowest BCUT2D eigenvalue weighted by molar-refractivity contribution is -0.137. The van der Waals surface area contributed by atoms with Crippen molar-refractivity contribution in [1.29, 1.82) is 0 Å². The summed E-state index contributed by atoms with van der Waals surface area (Å²) >= 11 is 1.73. The molecule has 6 heteroatoms. The molecule has 5 nitrogen and oxygen atoms in total. The molecule has 0 aliphatic carbocycles. The minimum atomic E-state index is -0.894. The number of thioether (sulfide) groups is 1. The first-order valence-electron chi connectivity index (χ1n) is 5.35. The van der Waals surface area contributed by atoms with Crippen LogP contribution in [0.4, 0.5) is 4.79 Å². The second-order valence-corrected chi connectivity index (χ2v) is 4.44. The number of urea groups is 1. The van der Waals surface area contributed by atoms with Crippen LogP contribution < -0.4 is 10.6 Å². The summed E-state index contributed by atoms with van der Waals surface area (Å²) in [5, 5.41) is 13.9. The zero-order valence-electron chi connectivity index (χ0n) is 9.78. The van der Waals surface area contributed by atoms with Crippen LogP contribution in [-0.4, -0.2) is 41.7 Å². The molecule has 0 saturated carbocycles. The minimum absolute atomic E-state index is 0.0330. The predicted molar refractivity (Wildman–Crippen MR) is 65.9 cm³/mol. The fourth-order valence-electron chi connectivity index (χ4n) is 1.16. The SMILES string of the molecule is CCC(CC(=O)O)NC(=O)NCCCSC. The Kier molecular flexibility index (Phi) is 8.80. The van der Waals surface area contributed by atoms with Gasteiger partial charge in [0.1, 0.15) is 0 Å². The maximum absolute atomic E-state index is 11.3. The molecule has 2 amide bonds. The highest BCUT2D eigenvalue weighted by Gasteiger charge is 2.13. The molecule has 0 aliphatic heterocycles. The molecule has 0 saturated heterocycles. The van der Waals surface area contributed by atoms with Gasteiger partial charge < -0.3 is 15.7 Å². The number of carbonyl (C=O) groups is 2. The van der Waals surface area contributed by atoms with Gasteiger partial charge in [0, 0.05) is 12.6 Å². The van der Waals surface area contributed by atoms with Crippen molar-refractivity contribution >= 4 is 23.8 Å². The number of hydrogen-bond donors (Lipinski definition) is 3. The molecular weight excluding hydrogens is 228 g/mol. The van der Waals surface area contributed by atoms with Crippen LogP contribution in [0, 0.1) is 0 Å². The minimum Gasteiger partial charge on any atom is -0.481 e. The zero-order valence-corrected chi connectivity index (χ0v) is 10.6. The molecule has 0 bridgehead atoms. The number of hydrogen-bond acceptors (Lipinski definition) is 3. The first-order valence-corrected chi connectivity index (χ1v) is 6.74. The number of rotatable bonds is 8. The number of amides is 2. The van der Waals surface area contributed by atoms with Crippen LogP contribution >= 0.6 is 11.8 Å². The van der Waals surface area contributed by atoms with Gasteiger partial charge in [0.25, 0.3) is 0 Å². The van der Waals surface area contributed by atoms with Gasteiger partial charge in [-0.3, -0.25) is 4.79 Å². The van der Waals surface area contributed by atoms with Crippen LogP contribution in [0.1, 0.15) is 26.2 Å². The summed E-state index contributed by atoms with van der Waals surface area (Å²) in [7, 11) is 0. The van der Waals surface area contributed by atoms with Gasteiger partial charge in [0.05, 0.1) is 6.42 Å². The first kappa shape index (κ1) is 15.1. The highest BCUT2D eigenvalue weighted by molar-refractivity contribution is 7.98. The topological polar surface area (TPSA) is 78.4 Å². The van der Waals surface area contributed by atoms with Crippen LogP contribution in [-0.2, 0) is 4.79 Å². The molecule has 0 heterocycles. The fourth-order valence-corrected chi connectivity index (χ4v) is 1.60. The summed E-state index contributed by atoms with van der Waals surface area (Å²) in [5.74, 6) is 0.113. The largest absolute Gasteiger partial charge is 0.481 e. The molecule has 1 atom stereocenters. The second kappa shape index (κ2) is 9.33. The average molecular weight is 248 g/mol. The van der Waals surface area contributed by atoms with Gasteiger partial charge in [-0.2, -0.15) is 11.8 Å². The summed E-state index contributed by atoms with van der Waals surface area (Å²) in [5.41, 5.74) is 0. The summed E-state index contributed by atoms with van der Waals surface area (Å²) in [6, 6.07) is -0.577. The first-order chi connectivity index (χ1) is 7.60. The molecule has 0 spiro atoms. The highest BCUT2D eigenvalue weighted by atomic mass is 32.2. The number of carbonyl (C=O) groups excluding carboxylic acids is 1. The average Bonchev–Trinajstić information content (AvgIpc) is 2.23. The molecule has 0 rings (SSSR count). The molecule has 94 valence electrons. The van der Waals surface area contributed by atoms with Crippen LogP contribution in [0.25, 0.3) is 0 Å². The van der Waals surface area contributed by atoms with E-state index in [9.17, 15) is 9.59 Å². The predicted octanol–water partition coefficient (Wildman–Crippen LogP) is 1.29. The Morgan fingerprint density at radius 1 is 1.44 bits per heavy atom. The molecule has 0 aliphatic rings. The molecular formula is C10H20N2O3S. The summed E-state index contributed by atoms with van der Waals surface area (Å²) in [6.45, 7) is 2.47. The molecule has 0 aromatic carbocycles. The highest BCUT2D eigenvalue weighted by Crippen LogP contribution is 1.97. The Balaban J connectivity index is 3.70. The number of nitrogens with one attached hydrogen (secondary N) is 2. The van der Waals surface area contributed by atoms with Crippen molar-refractivity contribution in [3.63, 3.8) is 0 Å². The quantitative estimate of drug-likeness (QED) is 0.566. The molecule has 16 heavy (non-hydrogen) atoms. The summed E-state index contributed by atoms with van der Waals surface area (Å²) in [6.07, 6.45) is 3.52. The summed E-state index contributed by atoms with van der Waals surface area (Å²) in [4.78, 5) is 21.8. The molecule has 1 unspecified atom stereocenters. The number of carboxylic acid groups (broad SMARTS) is 1. The van der Waals surface area contributed by atoms with E-state index in [0.29, 0.717) is 13.0 Å². The fraction of sp³-hybridized carbons (Fsp3) is 0.800. The maximum Gasteiger partial charge on any atom is 0.315 e. The van der Waals surface area contributed by atoms with E-state index in [1.54, 1.807) is 11.8 Å². The normalized spacial score (nSPS) is 11.9. The van der Waals surface area contributed by atoms with Gasteiger partial charge in [-0.05, 0) is 24.9 Å². The van der Waals surface area contributed by atoms with Crippen LogP contribution in [0.15, 0.2) is 0 Å². The van der Waals surface area contributed by atoms with Gasteiger partial charge in [-0.15, -0.1) is 0 Å². The van der Waals surface area contributed by atoms with E-state index >= 15 is 0 Å². The van der Waals surface area contributed by atoms with Crippen molar-refractivity contribution in [3.05, 3.63) is 0 Å². The number of aliphatic carboxylic acids is 1. The lowest BCUT2D eigenvalue weighted by Crippen LogP contribution is -2.43. The van der Waals surface area contributed by atoms with Crippen molar-refractivity contribution < 1.29 is 14.7 Å². The van der Waals surface area contributed by atoms with Gasteiger partial charge in [-0.1, -0.05) is 6.92 Å². The number of carboxylic acids is 1. The molecule has 0 aromatic rings. The second-order valence-electron chi connectivity index (χ2n) is 3.45. The smallest absolute Gasteiger partial charge is 0.315 e. The van der Waals surface area contributed by atoms with E-state index in [4.69, 9.17) is 5.11 Å². The van der Waals surface area contributed by atoms with E-state index in [-0.39, 0.29) is 18.5 Å². The molecule has 0 radical (unpaired) electrons. The van der Waals surface area contributed by atoms with Crippen molar-refractivity contribution in [3.8, 4) is 0 Å². The molecule has 3 N–H and O–H groups in total. The Bertz CT molecular complexity index is 224. The van der Waals surface area contributed by atoms with E-state index in [0.717, 1.165) is 12.2 Å². The van der Waals surface area contributed by atoms with E-state index in [1.807, 2.05) is 13.2 Å². The van der Waals surface area contributed by atoms with Crippen LogP contribution in [0.3, 0.4) is 0 Å². The third-order valence-corrected chi connectivity index (χ3v) is 2.76. The van der Waals surface area contributed by atoms with Gasteiger partial charge >= 0.3 is 12.0 Å². The van der Waals surface area contributed by atoms with E-state index in [2.05, 4.69) is 10.6 Å². The lowest BCUT2D eigenvalue weighted by Gasteiger charge is -2.15. The van der Waals surface area contributed by atoms with E-state index < -0.39 is 5.97 Å². The van der Waals surface area contributed by atoms with Crippen molar-refractivity contribution in [2.45, 2.75) is 32.2 Å². The van der Waals surface area contributed by atoms with Crippen molar-refractivity contribution in [2.75, 3.05) is 18.6 Å². The third kappa shape index (κ3) is 8.40. The van der Waals surface area contributed by atoms with Crippen LogP contribution in [0.2, 0.25) is 0 Å². The van der Waals surface area contributed by atoms with Gasteiger partial charge in [0.15, 0.2) is 0 Å². The maximum atomic E-state index is 11.3.